The molecule has 0 amide bonds. The minimum atomic E-state index is -5.21. The van der Waals surface area contributed by atoms with Gasteiger partial charge in [0.2, 0.25) is 0 Å². The first-order chi connectivity index (χ1) is 12.1. The maximum atomic E-state index is 13.4. The summed E-state index contributed by atoms with van der Waals surface area (Å²) in [6, 6.07) is 0. The molecule has 0 aliphatic carbocycles. The number of hydrogen-bond acceptors (Lipinski definition) is 6. The summed E-state index contributed by atoms with van der Waals surface area (Å²) >= 11 is 0. The Balaban J connectivity index is 2.93. The van der Waals surface area contributed by atoms with Crippen molar-refractivity contribution in [2.75, 3.05) is 31.7 Å². The van der Waals surface area contributed by atoms with Gasteiger partial charge in [0, 0.05) is 13.1 Å². The van der Waals surface area contributed by atoms with Crippen molar-refractivity contribution in [3.8, 4) is 0 Å². The summed E-state index contributed by atoms with van der Waals surface area (Å²) in [4.78, 5) is 28.4. The zero-order valence-electron chi connectivity index (χ0n) is 13.8. The van der Waals surface area contributed by atoms with Crippen molar-refractivity contribution < 1.29 is 41.0 Å². The first kappa shape index (κ1) is 19.9. The van der Waals surface area contributed by atoms with Crippen LogP contribution >= 0.6 is 0 Å². The lowest BCUT2D eigenvalue weighted by Gasteiger charge is -2.36. The summed E-state index contributed by atoms with van der Waals surface area (Å²) in [6.07, 6.45) is -8.14. The fourth-order valence-corrected chi connectivity index (χ4v) is 2.51. The van der Waals surface area contributed by atoms with E-state index in [0.717, 1.165) is 7.11 Å². The number of ether oxygens (including phenoxy) is 2. The number of hydrogen-bond donors (Lipinski definition) is 0. The molecule has 11 heteroatoms. The van der Waals surface area contributed by atoms with Crippen LogP contribution in [0.5, 0.6) is 0 Å². The molecular weight excluding hydrogens is 367 g/mol. The van der Waals surface area contributed by atoms with Crippen molar-refractivity contribution in [1.82, 2.24) is 4.98 Å². The molecule has 0 radical (unpaired) electrons. The van der Waals surface area contributed by atoms with Gasteiger partial charge in [0.15, 0.2) is 5.69 Å². The average Bonchev–Trinajstić information content (AvgIpc) is 2.50. The van der Waals surface area contributed by atoms with E-state index in [4.69, 9.17) is 0 Å². The van der Waals surface area contributed by atoms with Crippen LogP contribution in [0.4, 0.5) is 27.6 Å². The van der Waals surface area contributed by atoms with E-state index >= 15 is 0 Å². The van der Waals surface area contributed by atoms with Crippen molar-refractivity contribution in [3.63, 3.8) is 0 Å². The number of methoxy groups -OCH3 is 1. The van der Waals surface area contributed by atoms with Crippen LogP contribution in [0.25, 0.3) is 0 Å². The molecule has 6 nitrogen and oxygen atoms in total. The summed E-state index contributed by atoms with van der Waals surface area (Å²) in [5.41, 5.74) is -5.72. The fraction of sp³-hybridized carbons (Fsp3) is 0.533. The minimum absolute atomic E-state index is 0.181. The quantitative estimate of drug-likeness (QED) is 0.576. The molecule has 0 atom stereocenters. The monoisotopic (exact) mass is 382 g/mol. The zero-order valence-corrected chi connectivity index (χ0v) is 13.8. The van der Waals surface area contributed by atoms with Crippen LogP contribution in [0.2, 0.25) is 0 Å². The molecule has 0 spiro atoms. The molecule has 0 bridgehead atoms. The zero-order chi connectivity index (χ0) is 19.6. The van der Waals surface area contributed by atoms with Gasteiger partial charge in [0.1, 0.15) is 16.8 Å². The maximum absolute atomic E-state index is 13.4. The predicted octanol–water partition coefficient (Wildman–Crippen LogP) is 3.21. The van der Waals surface area contributed by atoms with E-state index in [9.17, 15) is 31.5 Å². The van der Waals surface area contributed by atoms with Crippen LogP contribution in [-0.4, -0.2) is 43.7 Å². The summed E-state index contributed by atoms with van der Waals surface area (Å²) < 4.78 is 76.1. The second-order valence-electron chi connectivity index (χ2n) is 5.30. The van der Waals surface area contributed by atoms with E-state index in [1.807, 2.05) is 0 Å². The maximum Gasteiger partial charge on any atom is 0.434 e. The number of carbonyl (C=O) groups is 2. The van der Waals surface area contributed by atoms with E-state index in [-0.39, 0.29) is 19.7 Å². The molecule has 1 aliphatic heterocycles. The topological polar surface area (TPSA) is 68.7 Å². The number of alkyl halides is 5. The van der Waals surface area contributed by atoms with Crippen LogP contribution in [0, 0.1) is 0 Å². The predicted molar refractivity (Wildman–Crippen MR) is 78.3 cm³/mol. The Morgan fingerprint density at radius 1 is 1.19 bits per heavy atom. The normalized spacial score (nSPS) is 14.2. The van der Waals surface area contributed by atoms with Crippen LogP contribution in [0.15, 0.2) is 0 Å². The lowest BCUT2D eigenvalue weighted by molar-refractivity contribution is -0.142. The third-order valence-electron chi connectivity index (χ3n) is 3.72. The molecule has 0 aromatic carbocycles. The highest BCUT2D eigenvalue weighted by Gasteiger charge is 2.45. The number of pyridine rings is 1. The fourth-order valence-electron chi connectivity index (χ4n) is 2.51. The first-order valence-electron chi connectivity index (χ1n) is 7.57. The number of esters is 2. The number of halogens is 5. The standard InChI is InChI=1S/C15H15F5N2O4/c1-3-26-14(24)8-10(22-5-4-6-22)7(13(23)25-2)9(12(16)17)21-11(8)15(18,19)20/h12H,3-6H2,1-2H3. The molecule has 1 aliphatic rings. The van der Waals surface area contributed by atoms with Crippen molar-refractivity contribution >= 4 is 17.6 Å². The van der Waals surface area contributed by atoms with Crippen LogP contribution in [-0.2, 0) is 15.7 Å². The second-order valence-corrected chi connectivity index (χ2v) is 5.30. The first-order valence-corrected chi connectivity index (χ1v) is 7.57. The summed E-state index contributed by atoms with van der Waals surface area (Å²) in [5, 5.41) is 0. The Labute approximate surface area is 144 Å². The average molecular weight is 382 g/mol. The minimum Gasteiger partial charge on any atom is -0.465 e. The van der Waals surface area contributed by atoms with E-state index in [2.05, 4.69) is 14.5 Å². The van der Waals surface area contributed by atoms with Crippen molar-refractivity contribution in [2.24, 2.45) is 0 Å². The summed E-state index contributed by atoms with van der Waals surface area (Å²) in [6.45, 7) is 1.48. The van der Waals surface area contributed by atoms with Crippen LogP contribution in [0.1, 0.15) is 51.9 Å². The highest BCUT2D eigenvalue weighted by molar-refractivity contribution is 6.06. The lowest BCUT2D eigenvalue weighted by Crippen LogP contribution is -2.40. The number of aromatic nitrogens is 1. The van der Waals surface area contributed by atoms with Gasteiger partial charge in [0.25, 0.3) is 6.43 Å². The number of carbonyl (C=O) groups excluding carboxylic acids is 2. The molecule has 1 aromatic heterocycles. The van der Waals surface area contributed by atoms with Gasteiger partial charge >= 0.3 is 18.1 Å². The third kappa shape index (κ3) is 3.56. The van der Waals surface area contributed by atoms with Gasteiger partial charge in [-0.3, -0.25) is 0 Å². The van der Waals surface area contributed by atoms with E-state index in [1.165, 1.54) is 11.8 Å². The molecule has 0 saturated carbocycles. The van der Waals surface area contributed by atoms with Crippen LogP contribution < -0.4 is 4.90 Å². The molecule has 0 unspecified atom stereocenters. The molecule has 2 rings (SSSR count). The van der Waals surface area contributed by atoms with Gasteiger partial charge in [-0.1, -0.05) is 0 Å². The Kier molecular flexibility index (Phi) is 5.67. The highest BCUT2D eigenvalue weighted by atomic mass is 19.4. The molecule has 1 aromatic rings. The summed E-state index contributed by atoms with van der Waals surface area (Å²) in [5.74, 6) is -2.71. The molecule has 2 heterocycles. The van der Waals surface area contributed by atoms with E-state index in [1.54, 1.807) is 0 Å². The smallest absolute Gasteiger partial charge is 0.434 e. The van der Waals surface area contributed by atoms with Gasteiger partial charge in [-0.25, -0.2) is 23.4 Å². The van der Waals surface area contributed by atoms with E-state index < -0.39 is 52.7 Å². The molecule has 144 valence electrons. The number of anilines is 1. The molecule has 1 fully saturated rings. The molecule has 1 saturated heterocycles. The Morgan fingerprint density at radius 2 is 1.81 bits per heavy atom. The third-order valence-corrected chi connectivity index (χ3v) is 3.72. The molecule has 0 N–H and O–H groups in total. The van der Waals surface area contributed by atoms with Crippen molar-refractivity contribution in [2.45, 2.75) is 25.9 Å². The van der Waals surface area contributed by atoms with Gasteiger partial charge in [0.05, 0.1) is 19.4 Å². The molecule has 26 heavy (non-hydrogen) atoms. The van der Waals surface area contributed by atoms with E-state index in [0.29, 0.717) is 6.42 Å². The number of nitrogens with zero attached hydrogens (tertiary/aromatic N) is 2. The highest BCUT2D eigenvalue weighted by Crippen LogP contribution is 2.42. The Bertz CT molecular complexity index is 717. The van der Waals surface area contributed by atoms with Crippen LogP contribution in [0.3, 0.4) is 0 Å². The van der Waals surface area contributed by atoms with Gasteiger partial charge in [-0.15, -0.1) is 0 Å². The Morgan fingerprint density at radius 3 is 2.19 bits per heavy atom. The van der Waals surface area contributed by atoms with Crippen molar-refractivity contribution in [1.29, 1.82) is 0 Å². The SMILES string of the molecule is CCOC(=O)c1c(C(F)(F)F)nc(C(F)F)c(C(=O)OC)c1N1CCC1. The van der Waals surface area contributed by atoms with Gasteiger partial charge in [-0.2, -0.15) is 13.2 Å². The van der Waals surface area contributed by atoms with Crippen molar-refractivity contribution in [3.05, 3.63) is 22.5 Å². The molecular formula is C15H15F5N2O4. The van der Waals surface area contributed by atoms with Gasteiger partial charge in [-0.05, 0) is 13.3 Å². The number of rotatable bonds is 5. The van der Waals surface area contributed by atoms with Gasteiger partial charge < -0.3 is 14.4 Å². The summed E-state index contributed by atoms with van der Waals surface area (Å²) in [7, 11) is 0.888. The lowest BCUT2D eigenvalue weighted by atomic mass is 9.99. The second kappa shape index (κ2) is 7.42. The Hall–Kier alpha value is -2.46. The largest absolute Gasteiger partial charge is 0.465 e.